The van der Waals surface area contributed by atoms with E-state index in [2.05, 4.69) is 41.1 Å². The van der Waals surface area contributed by atoms with Gasteiger partial charge in [0.1, 0.15) is 5.82 Å². The van der Waals surface area contributed by atoms with Crippen LogP contribution in [-0.2, 0) is 17.8 Å². The first-order chi connectivity index (χ1) is 19.3. The highest BCUT2D eigenvalue weighted by molar-refractivity contribution is 5.78. The highest BCUT2D eigenvalue weighted by atomic mass is 16.1. The smallest absolute Gasteiger partial charge is 0.223 e. The minimum absolute atomic E-state index is 0.248. The quantitative estimate of drug-likeness (QED) is 0.152. The number of carbonyl (C=O) groups is 1. The number of unbranched alkanes of at least 4 members (excludes halogenated alkanes) is 15. The Kier molecular flexibility index (Phi) is 16.3. The van der Waals surface area contributed by atoms with Crippen LogP contribution in [0.5, 0.6) is 0 Å². The summed E-state index contributed by atoms with van der Waals surface area (Å²) < 4.78 is 2.45. The van der Waals surface area contributed by atoms with Gasteiger partial charge in [-0.15, -0.1) is 0 Å². The summed E-state index contributed by atoms with van der Waals surface area (Å²) >= 11 is 0. The Morgan fingerprint density at radius 1 is 0.769 bits per heavy atom. The normalized spacial score (nSPS) is 14.3. The van der Waals surface area contributed by atoms with Gasteiger partial charge in [0.2, 0.25) is 5.91 Å². The van der Waals surface area contributed by atoms with Crippen molar-refractivity contribution < 1.29 is 4.79 Å². The highest BCUT2D eigenvalue weighted by Gasteiger charge is 2.20. The fourth-order valence-corrected chi connectivity index (χ4v) is 6.35. The third-order valence-electron chi connectivity index (χ3n) is 8.82. The van der Waals surface area contributed by atoms with Gasteiger partial charge in [-0.2, -0.15) is 0 Å². The molecular formula is C35H59N3O. The van der Waals surface area contributed by atoms with E-state index < -0.39 is 0 Å². The number of rotatable bonds is 22. The minimum Gasteiger partial charge on any atom is -0.356 e. The van der Waals surface area contributed by atoms with Crippen LogP contribution in [0.1, 0.15) is 154 Å². The molecule has 1 N–H and O–H groups in total. The molecule has 220 valence electrons. The highest BCUT2D eigenvalue weighted by Crippen LogP contribution is 2.24. The van der Waals surface area contributed by atoms with Crippen molar-refractivity contribution in [1.82, 2.24) is 14.9 Å². The van der Waals surface area contributed by atoms with Crippen LogP contribution in [0.15, 0.2) is 24.3 Å². The summed E-state index contributed by atoms with van der Waals surface area (Å²) in [4.78, 5) is 17.4. The average molecular weight is 538 g/mol. The summed E-state index contributed by atoms with van der Waals surface area (Å²) in [5, 5.41) is 3.20. The van der Waals surface area contributed by atoms with E-state index in [0.29, 0.717) is 0 Å². The van der Waals surface area contributed by atoms with Crippen molar-refractivity contribution in [1.29, 1.82) is 0 Å². The van der Waals surface area contributed by atoms with Crippen LogP contribution in [0.2, 0.25) is 0 Å². The van der Waals surface area contributed by atoms with Gasteiger partial charge in [-0.25, -0.2) is 4.98 Å². The number of hydrogen-bond donors (Lipinski definition) is 1. The molecule has 1 aliphatic carbocycles. The number of benzene rings is 1. The van der Waals surface area contributed by atoms with Crippen LogP contribution in [0.25, 0.3) is 11.0 Å². The monoisotopic (exact) mass is 537 g/mol. The van der Waals surface area contributed by atoms with Crippen LogP contribution < -0.4 is 5.32 Å². The van der Waals surface area contributed by atoms with Gasteiger partial charge in [0.05, 0.1) is 11.0 Å². The standard InChI is InChI=1S/C35H59N3O/c1-2-3-4-5-6-7-8-9-10-11-12-13-14-15-16-22-30-38-33-27-21-20-26-32(33)37-34(38)28-23-29-36-35(39)31-24-18-17-19-25-31/h20-21,26-27,31H,2-19,22-25,28-30H2,1H3,(H,36,39). The zero-order valence-electron chi connectivity index (χ0n) is 25.4. The molecular weight excluding hydrogens is 478 g/mol. The van der Waals surface area contributed by atoms with Crippen molar-refractivity contribution in [2.24, 2.45) is 5.92 Å². The number of nitrogens with one attached hydrogen (secondary N) is 1. The van der Waals surface area contributed by atoms with Crippen molar-refractivity contribution in [2.45, 2.75) is 161 Å². The first kappa shape index (κ1) is 31.7. The van der Waals surface area contributed by atoms with Crippen molar-refractivity contribution >= 4 is 16.9 Å². The lowest BCUT2D eigenvalue weighted by molar-refractivity contribution is -0.125. The van der Waals surface area contributed by atoms with Gasteiger partial charge in [0.15, 0.2) is 0 Å². The summed E-state index contributed by atoms with van der Waals surface area (Å²) in [5.74, 6) is 1.71. The average Bonchev–Trinajstić information content (AvgIpc) is 3.32. The Morgan fingerprint density at radius 2 is 1.33 bits per heavy atom. The van der Waals surface area contributed by atoms with Crippen LogP contribution in [0.3, 0.4) is 0 Å². The number of nitrogens with zero attached hydrogens (tertiary/aromatic N) is 2. The molecule has 1 aromatic heterocycles. The number of fused-ring (bicyclic) bond motifs is 1. The second-order valence-electron chi connectivity index (χ2n) is 12.2. The van der Waals surface area contributed by atoms with Crippen LogP contribution in [0, 0.1) is 5.92 Å². The predicted molar refractivity (Wildman–Crippen MR) is 167 cm³/mol. The first-order valence-corrected chi connectivity index (χ1v) is 17.0. The number of aryl methyl sites for hydroxylation is 2. The summed E-state index contributed by atoms with van der Waals surface area (Å²) in [6, 6.07) is 8.56. The maximum atomic E-state index is 12.5. The zero-order valence-corrected chi connectivity index (χ0v) is 25.4. The third kappa shape index (κ3) is 12.5. The number of para-hydroxylation sites is 2. The molecule has 1 saturated carbocycles. The summed E-state index contributed by atoms with van der Waals surface area (Å²) in [6.07, 6.45) is 30.2. The number of aromatic nitrogens is 2. The summed E-state index contributed by atoms with van der Waals surface area (Å²) in [6.45, 7) is 4.11. The molecule has 1 aromatic carbocycles. The van der Waals surface area contributed by atoms with E-state index in [9.17, 15) is 4.79 Å². The molecule has 1 heterocycles. The van der Waals surface area contributed by atoms with E-state index in [1.54, 1.807) is 0 Å². The van der Waals surface area contributed by atoms with E-state index in [0.717, 1.165) is 44.3 Å². The number of imidazole rings is 1. The lowest BCUT2D eigenvalue weighted by Gasteiger charge is -2.20. The zero-order chi connectivity index (χ0) is 27.4. The Labute approximate surface area is 240 Å². The summed E-state index contributed by atoms with van der Waals surface area (Å²) in [7, 11) is 0. The molecule has 0 aliphatic heterocycles. The fourth-order valence-electron chi connectivity index (χ4n) is 6.35. The fraction of sp³-hybridized carbons (Fsp3) is 0.771. The van der Waals surface area contributed by atoms with Gasteiger partial charge >= 0.3 is 0 Å². The van der Waals surface area contributed by atoms with Gasteiger partial charge in [-0.3, -0.25) is 4.79 Å². The Morgan fingerprint density at radius 3 is 1.95 bits per heavy atom. The van der Waals surface area contributed by atoms with E-state index in [1.807, 2.05) is 0 Å². The number of hydrogen-bond acceptors (Lipinski definition) is 2. The molecule has 2 aromatic rings. The first-order valence-electron chi connectivity index (χ1n) is 17.0. The largest absolute Gasteiger partial charge is 0.356 e. The molecule has 0 unspecified atom stereocenters. The van der Waals surface area contributed by atoms with Crippen LogP contribution in [0.4, 0.5) is 0 Å². The molecule has 1 fully saturated rings. The maximum Gasteiger partial charge on any atom is 0.223 e. The molecule has 0 radical (unpaired) electrons. The lowest BCUT2D eigenvalue weighted by Crippen LogP contribution is -2.32. The van der Waals surface area contributed by atoms with E-state index >= 15 is 0 Å². The van der Waals surface area contributed by atoms with E-state index in [1.165, 1.54) is 133 Å². The van der Waals surface area contributed by atoms with Crippen LogP contribution >= 0.6 is 0 Å². The van der Waals surface area contributed by atoms with Gasteiger partial charge in [0, 0.05) is 25.4 Å². The maximum absolute atomic E-state index is 12.5. The van der Waals surface area contributed by atoms with Gasteiger partial charge < -0.3 is 9.88 Å². The van der Waals surface area contributed by atoms with E-state index in [-0.39, 0.29) is 11.8 Å². The Balaban J connectivity index is 1.24. The number of amides is 1. The predicted octanol–water partition coefficient (Wildman–Crippen LogP) is 9.93. The third-order valence-corrected chi connectivity index (χ3v) is 8.82. The lowest BCUT2D eigenvalue weighted by atomic mass is 9.89. The van der Waals surface area contributed by atoms with Crippen LogP contribution in [-0.4, -0.2) is 22.0 Å². The van der Waals surface area contributed by atoms with Gasteiger partial charge in [-0.05, 0) is 37.8 Å². The molecule has 1 aliphatic rings. The molecule has 0 saturated heterocycles. The van der Waals surface area contributed by atoms with Crippen molar-refractivity contribution in [3.63, 3.8) is 0 Å². The number of carbonyl (C=O) groups excluding carboxylic acids is 1. The SMILES string of the molecule is CCCCCCCCCCCCCCCCCCn1c(CCCNC(=O)C2CCCCC2)nc2ccccc21. The Bertz CT molecular complexity index is 898. The van der Waals surface area contributed by atoms with Crippen molar-refractivity contribution in [2.75, 3.05) is 6.54 Å². The Hall–Kier alpha value is -1.84. The van der Waals surface area contributed by atoms with Gasteiger partial charge in [0.25, 0.3) is 0 Å². The van der Waals surface area contributed by atoms with Gasteiger partial charge in [-0.1, -0.05) is 135 Å². The molecule has 1 amide bonds. The van der Waals surface area contributed by atoms with Crippen molar-refractivity contribution in [3.8, 4) is 0 Å². The second kappa shape index (κ2) is 20.1. The molecule has 0 atom stereocenters. The second-order valence-corrected chi connectivity index (χ2v) is 12.2. The topological polar surface area (TPSA) is 46.9 Å². The molecule has 3 rings (SSSR count). The molecule has 0 spiro atoms. The minimum atomic E-state index is 0.248. The molecule has 39 heavy (non-hydrogen) atoms. The van der Waals surface area contributed by atoms with Crippen molar-refractivity contribution in [3.05, 3.63) is 30.1 Å². The molecule has 4 heteroatoms. The molecule has 4 nitrogen and oxygen atoms in total. The molecule has 0 bridgehead atoms. The van der Waals surface area contributed by atoms with E-state index in [4.69, 9.17) is 4.98 Å². The summed E-state index contributed by atoms with van der Waals surface area (Å²) in [5.41, 5.74) is 2.37.